The highest BCUT2D eigenvalue weighted by Crippen LogP contribution is 2.47. The maximum absolute atomic E-state index is 9.37. The van der Waals surface area contributed by atoms with Gasteiger partial charge in [0.25, 0.3) is 0 Å². The third kappa shape index (κ3) is 3.90. The van der Waals surface area contributed by atoms with Crippen LogP contribution in [0.25, 0.3) is 98.4 Å². The zero-order chi connectivity index (χ0) is 42.2. The van der Waals surface area contributed by atoms with Gasteiger partial charge in [-0.25, -0.2) is 0 Å². The highest BCUT2D eigenvalue weighted by Gasteiger charge is 2.20. The molecule has 0 bridgehead atoms. The molecule has 10 rings (SSSR count). The van der Waals surface area contributed by atoms with Gasteiger partial charge in [0.1, 0.15) is 11.2 Å². The highest BCUT2D eigenvalue weighted by atomic mass is 16.3. The highest BCUT2D eigenvalue weighted by molar-refractivity contribution is 6.26. The molecule has 1 aromatic heterocycles. The molecule has 0 saturated carbocycles. The first-order valence-electron chi connectivity index (χ1n) is 21.6. The molecule has 47 heavy (non-hydrogen) atoms. The minimum absolute atomic E-state index is 0.0491. The molecule has 0 aliphatic heterocycles. The lowest BCUT2D eigenvalue weighted by atomic mass is 9.85. The molecule has 0 spiro atoms. The fourth-order valence-corrected chi connectivity index (χ4v) is 7.01. The first-order valence-corrected chi connectivity index (χ1v) is 15.1. The topological polar surface area (TPSA) is 13.1 Å². The van der Waals surface area contributed by atoms with E-state index in [1.54, 1.807) is 18.2 Å². The van der Waals surface area contributed by atoms with E-state index in [-0.39, 0.29) is 32.7 Å². The summed E-state index contributed by atoms with van der Waals surface area (Å²) >= 11 is 0. The molecule has 0 unspecified atom stereocenters. The number of fused-ring (bicyclic) bond motifs is 8. The Kier molecular flexibility index (Phi) is 3.55. The zero-order valence-corrected chi connectivity index (χ0v) is 24.6. The van der Waals surface area contributed by atoms with Crippen LogP contribution in [0.3, 0.4) is 0 Å². The number of furan rings is 1. The Bertz CT molecular complexity index is 3480. The molecule has 1 heterocycles. The number of rotatable bonds is 3. The van der Waals surface area contributed by atoms with Crippen LogP contribution in [0.5, 0.6) is 0 Å². The molecule has 9 aromatic carbocycles. The second-order valence-corrected chi connectivity index (χ2v) is 11.4. The Hall–Kier alpha value is -6.18. The summed E-state index contributed by atoms with van der Waals surface area (Å²) in [5.41, 5.74) is 2.38. The van der Waals surface area contributed by atoms with Crippen molar-refractivity contribution in [2.24, 2.45) is 0 Å². The lowest BCUT2D eigenvalue weighted by Crippen LogP contribution is -1.91. The lowest BCUT2D eigenvalue weighted by Gasteiger charge is -2.18. The van der Waals surface area contributed by atoms with E-state index in [9.17, 15) is 5.48 Å². The van der Waals surface area contributed by atoms with Gasteiger partial charge < -0.3 is 4.42 Å². The number of benzene rings is 9. The summed E-state index contributed by atoms with van der Waals surface area (Å²) in [6.07, 6.45) is 0. The van der Waals surface area contributed by atoms with Crippen molar-refractivity contribution in [3.05, 3.63) is 170 Å². The fraction of sp³-hybridized carbons (Fsp3) is 0. The van der Waals surface area contributed by atoms with Crippen LogP contribution >= 0.6 is 0 Å². The summed E-state index contributed by atoms with van der Waals surface area (Å²) in [5, 5.41) is 4.66. The molecule has 0 fully saturated rings. The normalized spacial score (nSPS) is 15.7. The first kappa shape index (κ1) is 16.4. The van der Waals surface area contributed by atoms with Crippen molar-refractivity contribution in [2.45, 2.75) is 0 Å². The van der Waals surface area contributed by atoms with Crippen LogP contribution < -0.4 is 0 Å². The molecule has 0 aliphatic rings. The van der Waals surface area contributed by atoms with Crippen LogP contribution in [0.4, 0.5) is 0 Å². The predicted octanol–water partition coefficient (Wildman–Crippen LogP) is 13.2. The second kappa shape index (κ2) is 10.2. The molecule has 218 valence electrons. The molecule has 10 aromatic rings. The van der Waals surface area contributed by atoms with Gasteiger partial charge in [-0.05, 0) is 101 Å². The van der Waals surface area contributed by atoms with E-state index in [4.69, 9.17) is 16.8 Å². The molecule has 0 saturated heterocycles. The van der Waals surface area contributed by atoms with Gasteiger partial charge in [-0.15, -0.1) is 0 Å². The Labute approximate surface area is 290 Å². The van der Waals surface area contributed by atoms with E-state index in [0.717, 1.165) is 32.7 Å². The van der Waals surface area contributed by atoms with Gasteiger partial charge in [0, 0.05) is 10.8 Å². The largest absolute Gasteiger partial charge is 0.456 e. The van der Waals surface area contributed by atoms with Crippen LogP contribution in [-0.4, -0.2) is 0 Å². The predicted molar refractivity (Wildman–Crippen MR) is 200 cm³/mol. The van der Waals surface area contributed by atoms with Crippen molar-refractivity contribution < 1.29 is 22.2 Å². The summed E-state index contributed by atoms with van der Waals surface area (Å²) in [5.74, 6) is 0. The van der Waals surface area contributed by atoms with Crippen LogP contribution in [0.15, 0.2) is 174 Å². The molecule has 0 radical (unpaired) electrons. The molecule has 0 N–H and O–H groups in total. The van der Waals surface area contributed by atoms with Gasteiger partial charge in [-0.1, -0.05) is 145 Å². The smallest absolute Gasteiger partial charge is 0.136 e. The molecule has 1 nitrogen and oxygen atoms in total. The van der Waals surface area contributed by atoms with Crippen molar-refractivity contribution in [1.29, 1.82) is 0 Å². The number of hydrogen-bond donors (Lipinski definition) is 0. The Morgan fingerprint density at radius 1 is 0.383 bits per heavy atom. The van der Waals surface area contributed by atoms with E-state index in [2.05, 4.69) is 30.3 Å². The van der Waals surface area contributed by atoms with E-state index in [1.807, 2.05) is 42.5 Å². The molecular formula is C46H28O. The van der Waals surface area contributed by atoms with Crippen LogP contribution in [0, 0.1) is 0 Å². The molecular weight excluding hydrogens is 569 g/mol. The summed E-state index contributed by atoms with van der Waals surface area (Å²) in [6.45, 7) is 0. The Morgan fingerprint density at radius 3 is 1.77 bits per heavy atom. The van der Waals surface area contributed by atoms with Gasteiger partial charge in [0.15, 0.2) is 0 Å². The Morgan fingerprint density at radius 2 is 1.02 bits per heavy atom. The Balaban J connectivity index is 1.38. The van der Waals surface area contributed by atoms with Crippen molar-refractivity contribution in [3.8, 4) is 33.4 Å². The average molecular weight is 610 g/mol. The minimum atomic E-state index is -0.719. The van der Waals surface area contributed by atoms with Crippen molar-refractivity contribution in [2.75, 3.05) is 0 Å². The van der Waals surface area contributed by atoms with E-state index < -0.39 is 84.1 Å². The quantitative estimate of drug-likeness (QED) is 0.143. The van der Waals surface area contributed by atoms with E-state index >= 15 is 0 Å². The van der Waals surface area contributed by atoms with Crippen molar-refractivity contribution in [3.63, 3.8) is 0 Å². The summed E-state index contributed by atoms with van der Waals surface area (Å²) in [7, 11) is 0. The van der Waals surface area contributed by atoms with Crippen molar-refractivity contribution >= 4 is 65.0 Å². The molecule has 0 amide bonds. The molecule has 1 heteroatoms. The zero-order valence-electron chi connectivity index (χ0n) is 37.6. The SMILES string of the molecule is [2H]c1c([2H])c([2H])c(-c2c3c([2H])c([2H])c([2H])c([2H])c3c(-c3cccc4oc5cc(-c6cc7ccccc7c7ccccc67)ccc5c34)c3c([2H])c([2H])c([2H])c([2H])c23)c([2H])c1[2H]. The third-order valence-electron chi connectivity index (χ3n) is 8.97. The summed E-state index contributed by atoms with van der Waals surface area (Å²) < 4.78 is 122. The average Bonchev–Trinajstić information content (AvgIpc) is 3.65. The van der Waals surface area contributed by atoms with E-state index in [0.29, 0.717) is 27.5 Å². The standard InChI is InChI=1S/C46H28O/c1-2-13-29(14-3-1)44-35-19-8-10-21-37(35)45(38-22-11-9-20-36(38)44)40-23-12-24-42-46(40)39-26-25-31(28-43(39)47-42)41-27-30-15-4-5-16-32(30)33-17-6-7-18-34(33)41/h1-28H/i1D,2D,3D,8D,9D,10D,11D,13D,14D,19D,20D,21D,22D. The fourth-order valence-electron chi connectivity index (χ4n) is 7.01. The summed E-state index contributed by atoms with van der Waals surface area (Å²) in [6, 6.07) is 21.0. The first-order chi connectivity index (χ1) is 28.7. The molecule has 0 atom stereocenters. The van der Waals surface area contributed by atoms with Gasteiger partial charge in [0.2, 0.25) is 0 Å². The summed E-state index contributed by atoms with van der Waals surface area (Å²) in [4.78, 5) is 0. The minimum Gasteiger partial charge on any atom is -0.456 e. The molecule has 0 aliphatic carbocycles. The van der Waals surface area contributed by atoms with E-state index in [1.165, 1.54) is 0 Å². The second-order valence-electron chi connectivity index (χ2n) is 11.4. The number of hydrogen-bond acceptors (Lipinski definition) is 1. The van der Waals surface area contributed by atoms with Crippen molar-refractivity contribution in [1.82, 2.24) is 0 Å². The van der Waals surface area contributed by atoms with Gasteiger partial charge >= 0.3 is 0 Å². The van der Waals surface area contributed by atoms with Crippen LogP contribution in [0.1, 0.15) is 17.8 Å². The monoisotopic (exact) mass is 609 g/mol. The van der Waals surface area contributed by atoms with Crippen LogP contribution in [0.2, 0.25) is 0 Å². The van der Waals surface area contributed by atoms with Gasteiger partial charge in [-0.3, -0.25) is 0 Å². The van der Waals surface area contributed by atoms with Gasteiger partial charge in [-0.2, -0.15) is 0 Å². The maximum atomic E-state index is 9.37. The maximum Gasteiger partial charge on any atom is 0.136 e. The third-order valence-corrected chi connectivity index (χ3v) is 8.97. The van der Waals surface area contributed by atoms with Gasteiger partial charge in [0.05, 0.1) is 17.8 Å². The lowest BCUT2D eigenvalue weighted by molar-refractivity contribution is 0.669. The van der Waals surface area contributed by atoms with Crippen LogP contribution in [-0.2, 0) is 0 Å².